The van der Waals surface area contributed by atoms with E-state index in [2.05, 4.69) is 4.98 Å². The molecule has 118 valence electrons. The number of nitrogen functional groups attached to an aromatic ring is 1. The summed E-state index contributed by atoms with van der Waals surface area (Å²) in [5, 5.41) is 0. The third-order valence-corrected chi connectivity index (χ3v) is 3.34. The van der Waals surface area contributed by atoms with E-state index in [0.29, 0.717) is 5.69 Å². The Labute approximate surface area is 128 Å². The van der Waals surface area contributed by atoms with Crippen molar-refractivity contribution in [3.63, 3.8) is 0 Å². The van der Waals surface area contributed by atoms with Crippen molar-refractivity contribution in [2.45, 2.75) is 6.18 Å². The lowest BCUT2D eigenvalue weighted by atomic mass is 10.1. The van der Waals surface area contributed by atoms with E-state index in [4.69, 9.17) is 5.84 Å². The molecule has 3 aromatic rings. The van der Waals surface area contributed by atoms with Gasteiger partial charge in [-0.15, -0.1) is 0 Å². The highest BCUT2D eigenvalue weighted by Gasteiger charge is 2.30. The molecule has 0 amide bonds. The van der Waals surface area contributed by atoms with Gasteiger partial charge in [0.25, 0.3) is 5.56 Å². The molecule has 2 N–H and O–H groups in total. The van der Waals surface area contributed by atoms with Crippen LogP contribution in [0.25, 0.3) is 16.9 Å². The number of alkyl halides is 3. The van der Waals surface area contributed by atoms with Crippen molar-refractivity contribution in [3.8, 4) is 16.9 Å². The molecule has 0 spiro atoms. The van der Waals surface area contributed by atoms with E-state index in [-0.39, 0.29) is 11.3 Å². The van der Waals surface area contributed by atoms with Gasteiger partial charge in [0.2, 0.25) is 0 Å². The number of halogens is 3. The van der Waals surface area contributed by atoms with Gasteiger partial charge in [-0.2, -0.15) is 13.2 Å². The van der Waals surface area contributed by atoms with Gasteiger partial charge < -0.3 is 10.4 Å². The molecular formula is C15H11F3N4O. The summed E-state index contributed by atoms with van der Waals surface area (Å²) in [4.78, 5) is 15.9. The van der Waals surface area contributed by atoms with Crippen LogP contribution < -0.4 is 11.4 Å². The minimum absolute atomic E-state index is 0.173. The molecule has 5 nitrogen and oxygen atoms in total. The first-order chi connectivity index (χ1) is 10.9. The molecule has 0 saturated heterocycles. The van der Waals surface area contributed by atoms with Crippen molar-refractivity contribution < 1.29 is 13.2 Å². The molecule has 0 aliphatic rings. The summed E-state index contributed by atoms with van der Waals surface area (Å²) >= 11 is 0. The molecule has 2 heterocycles. The highest BCUT2D eigenvalue weighted by atomic mass is 19.4. The van der Waals surface area contributed by atoms with Gasteiger partial charge in [-0.25, -0.2) is 9.66 Å². The summed E-state index contributed by atoms with van der Waals surface area (Å²) in [6, 6.07) is 7.45. The van der Waals surface area contributed by atoms with E-state index in [9.17, 15) is 18.0 Å². The zero-order valence-electron chi connectivity index (χ0n) is 11.7. The fourth-order valence-corrected chi connectivity index (χ4v) is 2.20. The molecule has 0 unspecified atom stereocenters. The fraction of sp³-hybridized carbons (Fsp3) is 0.0667. The lowest BCUT2D eigenvalue weighted by Gasteiger charge is -2.13. The largest absolute Gasteiger partial charge is 0.416 e. The highest BCUT2D eigenvalue weighted by molar-refractivity contribution is 5.63. The molecule has 2 aromatic heterocycles. The number of aromatic nitrogens is 3. The number of pyridine rings is 1. The summed E-state index contributed by atoms with van der Waals surface area (Å²) in [6.07, 6.45) is 0.146. The van der Waals surface area contributed by atoms with Crippen molar-refractivity contribution in [2.24, 2.45) is 0 Å². The number of imidazole rings is 1. The maximum atomic E-state index is 12.9. The predicted octanol–water partition coefficient (Wildman–Crippen LogP) is 2.43. The third-order valence-electron chi connectivity index (χ3n) is 3.34. The van der Waals surface area contributed by atoms with Crippen molar-refractivity contribution in [3.05, 3.63) is 71.0 Å². The molecule has 23 heavy (non-hydrogen) atoms. The summed E-state index contributed by atoms with van der Waals surface area (Å²) < 4.78 is 40.9. The summed E-state index contributed by atoms with van der Waals surface area (Å²) in [5.41, 5.74) is -0.519. The highest BCUT2D eigenvalue weighted by Crippen LogP contribution is 2.32. The standard InChI is InChI=1S/C15H11F3N4O/c16-15(17,18)11-3-1-2-10(6-11)13-7-12(8-14(23)22(13)19)21-5-4-20-9-21/h1-9H,19H2. The Morgan fingerprint density at radius 1 is 1.13 bits per heavy atom. The Kier molecular flexibility index (Phi) is 3.44. The minimum Gasteiger partial charge on any atom is -0.336 e. The lowest BCUT2D eigenvalue weighted by Crippen LogP contribution is -2.28. The van der Waals surface area contributed by atoms with Gasteiger partial charge in [-0.3, -0.25) is 4.79 Å². The first kappa shape index (κ1) is 14.9. The number of hydrogen-bond donors (Lipinski definition) is 1. The van der Waals surface area contributed by atoms with Gasteiger partial charge in [0.1, 0.15) is 0 Å². The van der Waals surface area contributed by atoms with E-state index >= 15 is 0 Å². The summed E-state index contributed by atoms with van der Waals surface area (Å²) in [5.74, 6) is 5.69. The van der Waals surface area contributed by atoms with Crippen molar-refractivity contribution in [1.82, 2.24) is 14.2 Å². The minimum atomic E-state index is -4.47. The zero-order valence-corrected chi connectivity index (χ0v) is 11.7. The maximum absolute atomic E-state index is 12.9. The second-order valence-electron chi connectivity index (χ2n) is 4.86. The zero-order chi connectivity index (χ0) is 16.6. The summed E-state index contributed by atoms with van der Waals surface area (Å²) in [7, 11) is 0. The van der Waals surface area contributed by atoms with Crippen LogP contribution in [-0.2, 0) is 6.18 Å². The van der Waals surface area contributed by atoms with Gasteiger partial charge >= 0.3 is 6.18 Å². The Bertz CT molecular complexity index is 898. The van der Waals surface area contributed by atoms with Crippen molar-refractivity contribution in [1.29, 1.82) is 0 Å². The fourth-order valence-electron chi connectivity index (χ4n) is 2.20. The number of rotatable bonds is 2. The van der Waals surface area contributed by atoms with Gasteiger partial charge in [0.05, 0.1) is 23.3 Å². The number of nitrogens with two attached hydrogens (primary N) is 1. The topological polar surface area (TPSA) is 65.8 Å². The van der Waals surface area contributed by atoms with E-state index in [1.165, 1.54) is 36.8 Å². The first-order valence-electron chi connectivity index (χ1n) is 6.54. The molecule has 0 fully saturated rings. The molecule has 1 aromatic carbocycles. The molecule has 0 aliphatic heterocycles. The second kappa shape index (κ2) is 5.31. The van der Waals surface area contributed by atoms with Crippen LogP contribution in [0.3, 0.4) is 0 Å². The van der Waals surface area contributed by atoms with Crippen LogP contribution in [0.15, 0.2) is 59.9 Å². The Balaban J connectivity index is 2.19. The van der Waals surface area contributed by atoms with Gasteiger partial charge in [0, 0.05) is 24.0 Å². The van der Waals surface area contributed by atoms with E-state index < -0.39 is 17.3 Å². The van der Waals surface area contributed by atoms with Crippen LogP contribution in [0.4, 0.5) is 13.2 Å². The Morgan fingerprint density at radius 3 is 2.57 bits per heavy atom. The number of benzene rings is 1. The first-order valence-corrected chi connectivity index (χ1v) is 6.54. The van der Waals surface area contributed by atoms with Crippen molar-refractivity contribution >= 4 is 0 Å². The molecule has 0 aliphatic carbocycles. The van der Waals surface area contributed by atoms with Crippen LogP contribution in [-0.4, -0.2) is 14.2 Å². The van der Waals surface area contributed by atoms with Crippen molar-refractivity contribution in [2.75, 3.05) is 5.84 Å². The third kappa shape index (κ3) is 2.83. The molecule has 0 saturated carbocycles. The average Bonchev–Trinajstić information content (AvgIpc) is 3.03. The van der Waals surface area contributed by atoms with Crippen LogP contribution in [0.2, 0.25) is 0 Å². The molecule has 0 bridgehead atoms. The smallest absolute Gasteiger partial charge is 0.336 e. The summed E-state index contributed by atoms with van der Waals surface area (Å²) in [6.45, 7) is 0. The number of hydrogen-bond acceptors (Lipinski definition) is 3. The lowest BCUT2D eigenvalue weighted by molar-refractivity contribution is -0.137. The van der Waals surface area contributed by atoms with Gasteiger partial charge in [-0.1, -0.05) is 12.1 Å². The molecule has 0 atom stereocenters. The SMILES string of the molecule is Nn1c(-c2cccc(C(F)(F)F)c2)cc(-n2ccnc2)cc1=O. The van der Waals surface area contributed by atoms with Crippen LogP contribution in [0.5, 0.6) is 0 Å². The monoisotopic (exact) mass is 320 g/mol. The average molecular weight is 320 g/mol. The molecular weight excluding hydrogens is 309 g/mol. The van der Waals surface area contributed by atoms with Crippen LogP contribution in [0, 0.1) is 0 Å². The molecule has 3 rings (SSSR count). The maximum Gasteiger partial charge on any atom is 0.416 e. The normalized spacial score (nSPS) is 11.6. The van der Waals surface area contributed by atoms with Crippen LogP contribution >= 0.6 is 0 Å². The van der Waals surface area contributed by atoms with E-state index in [0.717, 1.165) is 16.8 Å². The Hall–Kier alpha value is -3.03. The predicted molar refractivity (Wildman–Crippen MR) is 78.4 cm³/mol. The van der Waals surface area contributed by atoms with E-state index in [1.54, 1.807) is 10.8 Å². The van der Waals surface area contributed by atoms with E-state index in [1.807, 2.05) is 0 Å². The molecule has 8 heteroatoms. The second-order valence-corrected chi connectivity index (χ2v) is 4.86. The quantitative estimate of drug-likeness (QED) is 0.738. The Morgan fingerprint density at radius 2 is 1.91 bits per heavy atom. The molecule has 0 radical (unpaired) electrons. The van der Waals surface area contributed by atoms with Gasteiger partial charge in [-0.05, 0) is 18.2 Å². The number of nitrogens with zero attached hydrogens (tertiary/aromatic N) is 3. The van der Waals surface area contributed by atoms with Gasteiger partial charge in [0.15, 0.2) is 0 Å². The van der Waals surface area contributed by atoms with Crippen LogP contribution in [0.1, 0.15) is 5.56 Å².